The Morgan fingerprint density at radius 2 is 1.56 bits per heavy atom. The molecule has 0 bridgehead atoms. The number of carboxylic acid groups (broad SMARTS) is 1. The number of carboxylic acids is 1. The topological polar surface area (TPSA) is 236 Å². The van der Waals surface area contributed by atoms with Gasteiger partial charge in [-0.2, -0.15) is 12.6 Å². The number of rotatable bonds is 17. The predicted molar refractivity (Wildman–Crippen MR) is 149 cm³/mol. The lowest BCUT2D eigenvalue weighted by Crippen LogP contribution is -2.57. The highest BCUT2D eigenvalue weighted by atomic mass is 32.1. The number of carbonyl (C=O) groups excluding carboxylic acids is 4. The number of H-pyrrole nitrogens is 1. The van der Waals surface area contributed by atoms with E-state index in [0.717, 1.165) is 16.5 Å². The first kappa shape index (κ1) is 31.6. The molecule has 214 valence electrons. The molecule has 4 unspecified atom stereocenters. The van der Waals surface area contributed by atoms with Crippen molar-refractivity contribution in [3.8, 4) is 0 Å². The molecule has 0 radical (unpaired) electrons. The summed E-state index contributed by atoms with van der Waals surface area (Å²) in [5.41, 5.74) is 18.1. The Kier molecular flexibility index (Phi) is 12.7. The smallest absolute Gasteiger partial charge is 0.326 e. The van der Waals surface area contributed by atoms with E-state index in [1.807, 2.05) is 24.3 Å². The minimum Gasteiger partial charge on any atom is -0.480 e. The molecule has 14 heteroatoms. The second-order valence-electron chi connectivity index (χ2n) is 9.16. The highest BCUT2D eigenvalue weighted by Crippen LogP contribution is 2.19. The predicted octanol–water partition coefficient (Wildman–Crippen LogP) is -1.10. The van der Waals surface area contributed by atoms with Crippen LogP contribution in [-0.2, 0) is 30.4 Å². The van der Waals surface area contributed by atoms with Crippen molar-refractivity contribution in [2.45, 2.75) is 62.7 Å². The van der Waals surface area contributed by atoms with Gasteiger partial charge in [-0.25, -0.2) is 4.79 Å². The van der Waals surface area contributed by atoms with Gasteiger partial charge in [0, 0.05) is 35.7 Å². The van der Waals surface area contributed by atoms with Crippen LogP contribution in [0.15, 0.2) is 30.5 Å². The molecule has 2 aromatic rings. The van der Waals surface area contributed by atoms with E-state index in [0.29, 0.717) is 19.4 Å². The molecule has 4 amide bonds. The maximum atomic E-state index is 13.5. The summed E-state index contributed by atoms with van der Waals surface area (Å²) in [6.07, 6.45) is 2.58. The number of benzene rings is 1. The molecule has 39 heavy (non-hydrogen) atoms. The summed E-state index contributed by atoms with van der Waals surface area (Å²) in [5, 5.41) is 18.0. The molecular weight excluding hydrogens is 526 g/mol. The lowest BCUT2D eigenvalue weighted by atomic mass is 10.0. The zero-order valence-electron chi connectivity index (χ0n) is 21.5. The first-order chi connectivity index (χ1) is 18.6. The number of fused-ring (bicyclic) bond motifs is 1. The number of aliphatic carboxylic acids is 1. The Bertz CT molecular complexity index is 1160. The van der Waals surface area contributed by atoms with Gasteiger partial charge in [0.1, 0.15) is 18.1 Å². The van der Waals surface area contributed by atoms with E-state index in [9.17, 15) is 29.1 Å². The molecule has 1 heterocycles. The molecule has 0 fully saturated rings. The van der Waals surface area contributed by atoms with Crippen LogP contribution in [0.4, 0.5) is 0 Å². The van der Waals surface area contributed by atoms with Gasteiger partial charge in [0.25, 0.3) is 0 Å². The van der Waals surface area contributed by atoms with Crippen LogP contribution >= 0.6 is 12.6 Å². The van der Waals surface area contributed by atoms with Gasteiger partial charge in [-0.05, 0) is 43.9 Å². The van der Waals surface area contributed by atoms with Crippen molar-refractivity contribution in [3.05, 3.63) is 36.0 Å². The number of aromatic nitrogens is 1. The first-order valence-corrected chi connectivity index (χ1v) is 13.2. The average molecular weight is 564 g/mol. The molecule has 0 aliphatic carbocycles. The summed E-state index contributed by atoms with van der Waals surface area (Å²) in [7, 11) is 0. The molecule has 0 saturated carbocycles. The summed E-state index contributed by atoms with van der Waals surface area (Å²) in [5.74, 6) is -4.00. The third-order valence-electron chi connectivity index (χ3n) is 6.14. The third-order valence-corrected chi connectivity index (χ3v) is 6.53. The summed E-state index contributed by atoms with van der Waals surface area (Å²) in [6, 6.07) is 2.89. The van der Waals surface area contributed by atoms with Gasteiger partial charge in [0.2, 0.25) is 23.6 Å². The minimum atomic E-state index is -1.38. The van der Waals surface area contributed by atoms with Crippen molar-refractivity contribution in [1.82, 2.24) is 20.9 Å². The van der Waals surface area contributed by atoms with E-state index in [1.165, 1.54) is 0 Å². The fraction of sp³-hybridized carbons (Fsp3) is 0.480. The van der Waals surface area contributed by atoms with Gasteiger partial charge in [0.05, 0.1) is 6.04 Å². The number of hydrogen-bond acceptors (Lipinski definition) is 8. The number of nitrogens with one attached hydrogen (secondary N) is 4. The van der Waals surface area contributed by atoms with Crippen molar-refractivity contribution < 1.29 is 29.1 Å². The number of thiol groups is 1. The Labute approximate surface area is 231 Å². The van der Waals surface area contributed by atoms with E-state index in [4.69, 9.17) is 17.2 Å². The number of aromatic amines is 1. The maximum absolute atomic E-state index is 13.5. The molecule has 2 rings (SSSR count). The van der Waals surface area contributed by atoms with Crippen LogP contribution in [0, 0.1) is 0 Å². The van der Waals surface area contributed by atoms with Crippen molar-refractivity contribution in [3.63, 3.8) is 0 Å². The highest BCUT2D eigenvalue weighted by Gasteiger charge is 2.30. The van der Waals surface area contributed by atoms with E-state index in [-0.39, 0.29) is 31.4 Å². The zero-order valence-corrected chi connectivity index (χ0v) is 22.4. The normalized spacial score (nSPS) is 14.1. The molecule has 1 aromatic heterocycles. The fourth-order valence-corrected chi connectivity index (χ4v) is 4.11. The van der Waals surface area contributed by atoms with E-state index < -0.39 is 53.8 Å². The summed E-state index contributed by atoms with van der Waals surface area (Å²) < 4.78 is 0. The Balaban J connectivity index is 2.27. The summed E-state index contributed by atoms with van der Waals surface area (Å²) in [6.45, 7) is 0.361. The number of unbranched alkanes of at least 4 members (excludes halogenated alkanes) is 1. The Morgan fingerprint density at radius 1 is 0.923 bits per heavy atom. The SMILES string of the molecule is NCCCCC(NC(=O)C(Cc1c[nH]c2ccccc12)NC(=O)C(N)CS)C(=O)NC(CCC(N)=O)C(=O)O. The minimum absolute atomic E-state index is 0.0548. The van der Waals surface area contributed by atoms with Crippen LogP contribution in [0.1, 0.15) is 37.7 Å². The van der Waals surface area contributed by atoms with E-state index in [1.54, 1.807) is 6.20 Å². The van der Waals surface area contributed by atoms with E-state index in [2.05, 4.69) is 33.6 Å². The number of primary amides is 1. The molecule has 0 spiro atoms. The van der Waals surface area contributed by atoms with Crippen LogP contribution in [0.3, 0.4) is 0 Å². The van der Waals surface area contributed by atoms with Gasteiger partial charge in [-0.1, -0.05) is 18.2 Å². The Morgan fingerprint density at radius 3 is 2.21 bits per heavy atom. The Hall–Kier alpha value is -3.62. The standard InChI is InChI=1S/C25H37N7O6S/c26-10-4-3-7-18(23(35)31-19(25(37)38)8-9-21(28)33)30-24(36)20(32-22(34)16(27)13-39)11-14-12-29-17-6-2-1-5-15(14)17/h1-2,5-6,12,16,18-20,29,39H,3-4,7-11,13,26-27H2,(H2,28,33)(H,30,36)(H,31,35)(H,32,34)(H,37,38). The molecule has 0 saturated heterocycles. The molecule has 11 N–H and O–H groups in total. The molecule has 1 aromatic carbocycles. The molecule has 4 atom stereocenters. The second kappa shape index (κ2) is 15.7. The maximum Gasteiger partial charge on any atom is 0.326 e. The van der Waals surface area contributed by atoms with Gasteiger partial charge in [-0.3, -0.25) is 19.2 Å². The monoisotopic (exact) mass is 563 g/mol. The number of hydrogen-bond donors (Lipinski definition) is 9. The van der Waals surface area contributed by atoms with Crippen LogP contribution in [0.25, 0.3) is 10.9 Å². The van der Waals surface area contributed by atoms with Crippen LogP contribution in [0.5, 0.6) is 0 Å². The lowest BCUT2D eigenvalue weighted by molar-refractivity contribution is -0.142. The van der Waals surface area contributed by atoms with Gasteiger partial charge in [-0.15, -0.1) is 0 Å². The second-order valence-corrected chi connectivity index (χ2v) is 9.53. The number of amides is 4. The summed E-state index contributed by atoms with van der Waals surface area (Å²) >= 11 is 4.04. The molecule has 0 aliphatic heterocycles. The average Bonchev–Trinajstić information content (AvgIpc) is 3.31. The first-order valence-electron chi connectivity index (χ1n) is 12.6. The van der Waals surface area contributed by atoms with Gasteiger partial charge >= 0.3 is 5.97 Å². The molecule has 13 nitrogen and oxygen atoms in total. The van der Waals surface area contributed by atoms with Gasteiger partial charge < -0.3 is 43.2 Å². The van der Waals surface area contributed by atoms with E-state index >= 15 is 0 Å². The number of para-hydroxylation sites is 1. The van der Waals surface area contributed by atoms with Crippen LogP contribution < -0.4 is 33.2 Å². The van der Waals surface area contributed by atoms with Crippen LogP contribution in [-0.4, -0.2) is 76.2 Å². The zero-order chi connectivity index (χ0) is 28.9. The third kappa shape index (κ3) is 9.89. The summed E-state index contributed by atoms with van der Waals surface area (Å²) in [4.78, 5) is 65.0. The quantitative estimate of drug-likeness (QED) is 0.0844. The number of nitrogens with two attached hydrogens (primary N) is 3. The van der Waals surface area contributed by atoms with Crippen molar-refractivity contribution >= 4 is 53.1 Å². The van der Waals surface area contributed by atoms with Gasteiger partial charge in [0.15, 0.2) is 0 Å². The molecular formula is C25H37N7O6S. The largest absolute Gasteiger partial charge is 0.480 e. The molecule has 0 aliphatic rings. The van der Waals surface area contributed by atoms with Crippen LogP contribution in [0.2, 0.25) is 0 Å². The lowest BCUT2D eigenvalue weighted by Gasteiger charge is -2.25. The highest BCUT2D eigenvalue weighted by molar-refractivity contribution is 7.80. The fourth-order valence-electron chi connectivity index (χ4n) is 3.94. The van der Waals surface area contributed by atoms with Crippen molar-refractivity contribution in [1.29, 1.82) is 0 Å². The van der Waals surface area contributed by atoms with Crippen molar-refractivity contribution in [2.24, 2.45) is 17.2 Å². The number of carbonyl (C=O) groups is 5. The van der Waals surface area contributed by atoms with Crippen molar-refractivity contribution in [2.75, 3.05) is 12.3 Å².